The number of amides is 1. The van der Waals surface area contributed by atoms with Crippen LogP contribution >= 0.6 is 0 Å². The van der Waals surface area contributed by atoms with E-state index in [1.807, 2.05) is 0 Å². The summed E-state index contributed by atoms with van der Waals surface area (Å²) < 4.78 is 12.9. The second kappa shape index (κ2) is 7.88. The molecule has 3 heterocycles. The topological polar surface area (TPSA) is 55.7 Å². The normalized spacial score (nSPS) is 16.2. The number of aromatic nitrogens is 1. The average molecular weight is 403 g/mol. The number of hydrogen-bond donors (Lipinski definition) is 1. The molecular formula is C24H25N3O3. The van der Waals surface area contributed by atoms with Crippen molar-refractivity contribution >= 4 is 5.91 Å². The Balaban J connectivity index is 1.34. The fourth-order valence-corrected chi connectivity index (χ4v) is 4.35. The fraction of sp³-hybridized carbons (Fsp3) is 0.292. The van der Waals surface area contributed by atoms with Crippen molar-refractivity contribution in [1.82, 2.24) is 14.8 Å². The van der Waals surface area contributed by atoms with Gasteiger partial charge in [0.15, 0.2) is 11.5 Å². The van der Waals surface area contributed by atoms with Gasteiger partial charge in [0.2, 0.25) is 6.79 Å². The van der Waals surface area contributed by atoms with Gasteiger partial charge in [0.05, 0.1) is 6.04 Å². The lowest BCUT2D eigenvalue weighted by Gasteiger charge is -2.36. The van der Waals surface area contributed by atoms with Crippen LogP contribution in [0, 0.1) is 0 Å². The molecule has 1 N–H and O–H groups in total. The number of nitrogens with one attached hydrogen (secondary N) is 1. The number of carbonyl (C=O) groups excluding carboxylic acids is 1. The summed E-state index contributed by atoms with van der Waals surface area (Å²) in [6, 6.07) is 18.2. The van der Waals surface area contributed by atoms with Crippen molar-refractivity contribution in [3.8, 4) is 11.5 Å². The molecule has 6 heteroatoms. The van der Waals surface area contributed by atoms with Gasteiger partial charge in [0.1, 0.15) is 0 Å². The van der Waals surface area contributed by atoms with Gasteiger partial charge >= 0.3 is 0 Å². The fourth-order valence-electron chi connectivity index (χ4n) is 4.35. The van der Waals surface area contributed by atoms with Crippen molar-refractivity contribution in [2.24, 2.45) is 7.05 Å². The predicted octanol–water partition coefficient (Wildman–Crippen LogP) is 3.28. The minimum absolute atomic E-state index is 0.0938. The second-order valence-corrected chi connectivity index (χ2v) is 7.83. The molecule has 0 unspecified atom stereocenters. The number of hydrogen-bond acceptors (Lipinski definition) is 4. The molecule has 0 saturated heterocycles. The van der Waals surface area contributed by atoms with E-state index in [9.17, 15) is 4.79 Å². The van der Waals surface area contributed by atoms with Gasteiger partial charge in [-0.25, -0.2) is 0 Å². The van der Waals surface area contributed by atoms with Gasteiger partial charge in [0.25, 0.3) is 5.91 Å². The highest BCUT2D eigenvalue weighted by molar-refractivity contribution is 5.95. The lowest BCUT2D eigenvalue weighted by Crippen LogP contribution is -2.41. The molecule has 2 aromatic carbocycles. The summed E-state index contributed by atoms with van der Waals surface area (Å²) >= 11 is 0. The van der Waals surface area contributed by atoms with Gasteiger partial charge in [-0.05, 0) is 47.9 Å². The van der Waals surface area contributed by atoms with Gasteiger partial charge in [-0.15, -0.1) is 0 Å². The summed E-state index contributed by atoms with van der Waals surface area (Å²) in [7, 11) is 2.06. The maximum Gasteiger partial charge on any atom is 0.251 e. The summed E-state index contributed by atoms with van der Waals surface area (Å²) in [5.41, 5.74) is 4.56. The first kappa shape index (κ1) is 18.8. The van der Waals surface area contributed by atoms with Crippen molar-refractivity contribution in [2.45, 2.75) is 19.0 Å². The van der Waals surface area contributed by atoms with Crippen LogP contribution in [-0.2, 0) is 20.0 Å². The minimum atomic E-state index is -0.107. The Morgan fingerprint density at radius 3 is 2.73 bits per heavy atom. The van der Waals surface area contributed by atoms with E-state index in [0.29, 0.717) is 23.6 Å². The molecule has 0 fully saturated rings. The van der Waals surface area contributed by atoms with E-state index >= 15 is 0 Å². The Morgan fingerprint density at radius 1 is 1.07 bits per heavy atom. The lowest BCUT2D eigenvalue weighted by atomic mass is 9.97. The predicted molar refractivity (Wildman–Crippen MR) is 114 cm³/mol. The third kappa shape index (κ3) is 3.55. The third-order valence-corrected chi connectivity index (χ3v) is 6.02. The van der Waals surface area contributed by atoms with Gasteiger partial charge < -0.3 is 19.4 Å². The monoisotopic (exact) mass is 403 g/mol. The molecule has 30 heavy (non-hydrogen) atoms. The average Bonchev–Trinajstić information content (AvgIpc) is 3.42. The summed E-state index contributed by atoms with van der Waals surface area (Å²) in [5.74, 6) is 1.19. The zero-order valence-corrected chi connectivity index (χ0v) is 17.0. The van der Waals surface area contributed by atoms with E-state index in [1.165, 1.54) is 16.8 Å². The number of rotatable bonds is 5. The number of ether oxygens (including phenoxy) is 2. The first-order valence-electron chi connectivity index (χ1n) is 10.3. The van der Waals surface area contributed by atoms with Crippen molar-refractivity contribution in [3.05, 3.63) is 83.2 Å². The minimum Gasteiger partial charge on any atom is -0.454 e. The van der Waals surface area contributed by atoms with Crippen LogP contribution in [0.3, 0.4) is 0 Å². The van der Waals surface area contributed by atoms with Crippen LogP contribution in [0.15, 0.2) is 60.8 Å². The van der Waals surface area contributed by atoms with Crippen LogP contribution in [0.1, 0.15) is 33.2 Å². The first-order chi connectivity index (χ1) is 14.7. The molecule has 2 aliphatic heterocycles. The number of fused-ring (bicyclic) bond motifs is 2. The zero-order valence-electron chi connectivity index (χ0n) is 17.0. The third-order valence-electron chi connectivity index (χ3n) is 6.02. The number of benzene rings is 2. The summed E-state index contributed by atoms with van der Waals surface area (Å²) in [5, 5.41) is 3.14. The number of nitrogens with zero attached hydrogens (tertiary/aromatic N) is 2. The molecule has 0 bridgehead atoms. The number of carbonyl (C=O) groups is 1. The van der Waals surface area contributed by atoms with Crippen molar-refractivity contribution in [3.63, 3.8) is 0 Å². The molecule has 5 rings (SSSR count). The standard InChI is InChI=1S/C24H25N3O3/c1-26-11-4-7-20(26)21(27-12-10-17-5-2-3-6-19(17)15-27)14-25-24(28)18-8-9-22-23(13-18)30-16-29-22/h2-9,11,13,21H,10,12,14-16H2,1H3,(H,25,28)/t21-/m1/s1. The van der Waals surface area contributed by atoms with Crippen LogP contribution < -0.4 is 14.8 Å². The molecule has 1 amide bonds. The summed E-state index contributed by atoms with van der Waals surface area (Å²) in [4.78, 5) is 15.3. The van der Waals surface area contributed by atoms with E-state index in [4.69, 9.17) is 9.47 Å². The summed E-state index contributed by atoms with van der Waals surface area (Å²) in [6.45, 7) is 2.58. The highest BCUT2D eigenvalue weighted by atomic mass is 16.7. The Hall–Kier alpha value is -3.25. The maximum absolute atomic E-state index is 12.9. The van der Waals surface area contributed by atoms with Crippen LogP contribution in [0.2, 0.25) is 0 Å². The SMILES string of the molecule is Cn1cccc1[C@@H](CNC(=O)c1ccc2c(c1)OCO2)N1CCc2ccccc2C1. The van der Waals surface area contributed by atoms with Crippen molar-refractivity contribution < 1.29 is 14.3 Å². The van der Waals surface area contributed by atoms with Crippen LogP contribution in [0.4, 0.5) is 0 Å². The maximum atomic E-state index is 12.9. The van der Waals surface area contributed by atoms with E-state index in [1.54, 1.807) is 18.2 Å². The molecule has 1 atom stereocenters. The number of aryl methyl sites for hydroxylation is 1. The van der Waals surface area contributed by atoms with Gasteiger partial charge in [0, 0.05) is 44.1 Å². The molecule has 0 spiro atoms. The van der Waals surface area contributed by atoms with E-state index < -0.39 is 0 Å². The molecule has 154 valence electrons. The van der Waals surface area contributed by atoms with Crippen molar-refractivity contribution in [1.29, 1.82) is 0 Å². The highest BCUT2D eigenvalue weighted by Crippen LogP contribution is 2.32. The zero-order chi connectivity index (χ0) is 20.5. The van der Waals surface area contributed by atoms with Gasteiger partial charge in [-0.2, -0.15) is 0 Å². The molecular weight excluding hydrogens is 378 g/mol. The van der Waals surface area contributed by atoms with E-state index in [0.717, 1.165) is 19.5 Å². The van der Waals surface area contributed by atoms with E-state index in [2.05, 4.69) is 64.4 Å². The molecule has 3 aromatic rings. The summed E-state index contributed by atoms with van der Waals surface area (Å²) in [6.07, 6.45) is 3.08. The Kier molecular flexibility index (Phi) is 4.93. The second-order valence-electron chi connectivity index (χ2n) is 7.83. The Bertz CT molecular complexity index is 1080. The molecule has 0 saturated carbocycles. The van der Waals surface area contributed by atoms with Crippen LogP contribution in [0.25, 0.3) is 0 Å². The molecule has 1 aromatic heterocycles. The smallest absolute Gasteiger partial charge is 0.251 e. The quantitative estimate of drug-likeness (QED) is 0.710. The molecule has 0 radical (unpaired) electrons. The Labute approximate surface area is 176 Å². The lowest BCUT2D eigenvalue weighted by molar-refractivity contribution is 0.0925. The largest absolute Gasteiger partial charge is 0.454 e. The van der Waals surface area contributed by atoms with Gasteiger partial charge in [-0.3, -0.25) is 9.69 Å². The van der Waals surface area contributed by atoms with Gasteiger partial charge in [-0.1, -0.05) is 24.3 Å². The molecule has 6 nitrogen and oxygen atoms in total. The van der Waals surface area contributed by atoms with E-state index in [-0.39, 0.29) is 18.7 Å². The molecule has 2 aliphatic rings. The first-order valence-corrected chi connectivity index (χ1v) is 10.3. The Morgan fingerprint density at radius 2 is 1.90 bits per heavy atom. The molecule has 0 aliphatic carbocycles. The van der Waals surface area contributed by atoms with Crippen LogP contribution in [-0.4, -0.2) is 35.3 Å². The highest BCUT2D eigenvalue weighted by Gasteiger charge is 2.27. The van der Waals surface area contributed by atoms with Crippen LogP contribution in [0.5, 0.6) is 11.5 Å². The van der Waals surface area contributed by atoms with Crippen molar-refractivity contribution in [2.75, 3.05) is 19.9 Å².